The van der Waals surface area contributed by atoms with Crippen molar-refractivity contribution in [2.45, 2.75) is 89.8 Å². The van der Waals surface area contributed by atoms with Gasteiger partial charge in [0.05, 0.1) is 12.0 Å². The molecular weight excluding hydrogens is 342 g/mol. The molecule has 0 amide bonds. The molecule has 0 unspecified atom stereocenters. The van der Waals surface area contributed by atoms with Crippen molar-refractivity contribution in [3.63, 3.8) is 0 Å². The van der Waals surface area contributed by atoms with Crippen LogP contribution < -0.4 is 5.73 Å². The van der Waals surface area contributed by atoms with Crippen LogP contribution in [0.3, 0.4) is 0 Å². The molecule has 0 saturated heterocycles. The van der Waals surface area contributed by atoms with Crippen molar-refractivity contribution in [2.75, 3.05) is 6.54 Å². The van der Waals surface area contributed by atoms with Crippen LogP contribution in [0.1, 0.15) is 78.1 Å². The van der Waals surface area contributed by atoms with E-state index in [4.69, 9.17) is 10.5 Å². The third kappa shape index (κ3) is 2.79. The number of rotatable bonds is 3. The molecule has 0 aromatic carbocycles. The predicted molar refractivity (Wildman–Crippen MR) is 102 cm³/mol. The van der Waals surface area contributed by atoms with E-state index >= 15 is 0 Å². The van der Waals surface area contributed by atoms with Crippen molar-refractivity contribution in [1.82, 2.24) is 0 Å². The van der Waals surface area contributed by atoms with Crippen LogP contribution in [0.15, 0.2) is 0 Å². The van der Waals surface area contributed by atoms with Crippen molar-refractivity contribution >= 4 is 11.8 Å². The lowest BCUT2D eigenvalue weighted by molar-refractivity contribution is -0.221. The molecule has 4 rings (SSSR count). The van der Waals surface area contributed by atoms with Gasteiger partial charge in [-0.3, -0.25) is 9.59 Å². The van der Waals surface area contributed by atoms with E-state index < -0.39 is 5.60 Å². The van der Waals surface area contributed by atoms with E-state index in [-0.39, 0.29) is 29.3 Å². The standard InChI is InChI=1S/C22H35NO4/c1-20-9-7-17-15(16(20)3-4-18(20)24)6-11-22(26)13-14(5-10-21(17,22)2)27-19(25)8-12-23/h14-17,26H,3-13,23H2,1-2H3/t14-,15-,16-,17-,20-,21+,22+/m0/s1. The molecule has 0 aromatic heterocycles. The molecule has 5 heteroatoms. The van der Waals surface area contributed by atoms with Crippen molar-refractivity contribution < 1.29 is 19.4 Å². The summed E-state index contributed by atoms with van der Waals surface area (Å²) in [5.41, 5.74) is 4.42. The fourth-order valence-corrected chi connectivity index (χ4v) is 7.44. The van der Waals surface area contributed by atoms with Gasteiger partial charge >= 0.3 is 5.97 Å². The van der Waals surface area contributed by atoms with E-state index in [9.17, 15) is 14.7 Å². The molecule has 4 fully saturated rings. The molecule has 152 valence electrons. The number of fused-ring (bicyclic) bond motifs is 5. The first-order chi connectivity index (χ1) is 12.7. The van der Waals surface area contributed by atoms with Gasteiger partial charge in [0.2, 0.25) is 0 Å². The van der Waals surface area contributed by atoms with Crippen LogP contribution in [-0.2, 0) is 14.3 Å². The predicted octanol–water partition coefficient (Wildman–Crippen LogP) is 2.97. The van der Waals surface area contributed by atoms with E-state index in [0.29, 0.717) is 36.5 Å². The Kier molecular flexibility index (Phi) is 4.70. The minimum absolute atomic E-state index is 0.123. The molecule has 5 nitrogen and oxygen atoms in total. The number of esters is 1. The fraction of sp³-hybridized carbons (Fsp3) is 0.909. The highest BCUT2D eigenvalue weighted by Crippen LogP contribution is 2.66. The van der Waals surface area contributed by atoms with Gasteiger partial charge in [0.25, 0.3) is 0 Å². The molecule has 0 heterocycles. The van der Waals surface area contributed by atoms with E-state index in [0.717, 1.165) is 51.4 Å². The molecule has 0 radical (unpaired) electrons. The molecule has 0 spiro atoms. The Bertz CT molecular complexity index is 636. The summed E-state index contributed by atoms with van der Waals surface area (Å²) in [6, 6.07) is 0. The molecule has 27 heavy (non-hydrogen) atoms. The summed E-state index contributed by atoms with van der Waals surface area (Å²) in [4.78, 5) is 24.4. The molecule has 4 aliphatic carbocycles. The Hall–Kier alpha value is -0.940. The molecule has 7 atom stereocenters. The van der Waals surface area contributed by atoms with E-state index in [1.54, 1.807) is 0 Å². The number of ketones is 1. The monoisotopic (exact) mass is 377 g/mol. The summed E-state index contributed by atoms with van der Waals surface area (Å²) in [7, 11) is 0. The highest BCUT2D eigenvalue weighted by molar-refractivity contribution is 5.87. The molecule has 0 bridgehead atoms. The van der Waals surface area contributed by atoms with Crippen LogP contribution in [0.25, 0.3) is 0 Å². The lowest BCUT2D eigenvalue weighted by Crippen LogP contribution is -2.63. The first-order valence-electron chi connectivity index (χ1n) is 10.9. The summed E-state index contributed by atoms with van der Waals surface area (Å²) >= 11 is 0. The quantitative estimate of drug-likeness (QED) is 0.738. The Morgan fingerprint density at radius 2 is 1.93 bits per heavy atom. The van der Waals surface area contributed by atoms with Gasteiger partial charge in [0.1, 0.15) is 11.9 Å². The second-order valence-electron chi connectivity index (χ2n) is 10.2. The average molecular weight is 378 g/mol. The first kappa shape index (κ1) is 19.4. The van der Waals surface area contributed by atoms with Gasteiger partial charge in [0.15, 0.2) is 0 Å². The fourth-order valence-electron chi connectivity index (χ4n) is 7.44. The summed E-state index contributed by atoms with van der Waals surface area (Å²) in [6.45, 7) is 4.76. The lowest BCUT2D eigenvalue weighted by atomic mass is 9.43. The highest BCUT2D eigenvalue weighted by Gasteiger charge is 2.64. The third-order valence-corrected chi connectivity index (χ3v) is 9.12. The van der Waals surface area contributed by atoms with Crippen molar-refractivity contribution in [3.8, 4) is 0 Å². The Morgan fingerprint density at radius 3 is 2.67 bits per heavy atom. The van der Waals surface area contributed by atoms with Crippen molar-refractivity contribution in [1.29, 1.82) is 0 Å². The second-order valence-corrected chi connectivity index (χ2v) is 10.2. The number of carbonyl (C=O) groups excluding carboxylic acids is 2. The van der Waals surface area contributed by atoms with Crippen molar-refractivity contribution in [3.05, 3.63) is 0 Å². The van der Waals surface area contributed by atoms with Crippen LogP contribution in [0.5, 0.6) is 0 Å². The Morgan fingerprint density at radius 1 is 1.15 bits per heavy atom. The zero-order valence-corrected chi connectivity index (χ0v) is 16.8. The average Bonchev–Trinajstić information content (AvgIpc) is 2.91. The number of hydrogen-bond donors (Lipinski definition) is 2. The SMILES string of the molecule is C[C@]12CC[C@H]3[C@@H](CC[C@@]4(O)C[C@@H](OC(=O)CCN)CC[C@]34C)[C@@H]1CCC2=O. The van der Waals surface area contributed by atoms with Gasteiger partial charge in [-0.15, -0.1) is 0 Å². The normalized spacial score (nSPS) is 49.1. The third-order valence-electron chi connectivity index (χ3n) is 9.12. The van der Waals surface area contributed by atoms with E-state index in [1.165, 1.54) is 0 Å². The Labute approximate surface area is 162 Å². The Balaban J connectivity index is 1.53. The van der Waals surface area contributed by atoms with E-state index in [1.807, 2.05) is 0 Å². The highest BCUT2D eigenvalue weighted by atomic mass is 16.5. The van der Waals surface area contributed by atoms with Gasteiger partial charge in [-0.1, -0.05) is 13.8 Å². The number of nitrogens with two attached hydrogens (primary N) is 1. The van der Waals surface area contributed by atoms with Crippen LogP contribution in [0, 0.1) is 28.6 Å². The zero-order chi connectivity index (χ0) is 19.4. The van der Waals surface area contributed by atoms with Gasteiger partial charge in [0, 0.05) is 24.8 Å². The molecule has 0 aromatic rings. The molecule has 4 saturated carbocycles. The molecule has 4 aliphatic rings. The van der Waals surface area contributed by atoms with Crippen LogP contribution in [-0.4, -0.2) is 35.1 Å². The minimum atomic E-state index is -0.767. The largest absolute Gasteiger partial charge is 0.462 e. The number of hydrogen-bond acceptors (Lipinski definition) is 5. The van der Waals surface area contributed by atoms with Gasteiger partial charge < -0.3 is 15.6 Å². The van der Waals surface area contributed by atoms with Crippen LogP contribution in [0.4, 0.5) is 0 Å². The smallest absolute Gasteiger partial charge is 0.307 e. The maximum atomic E-state index is 12.5. The number of ether oxygens (including phenoxy) is 1. The van der Waals surface area contributed by atoms with Crippen molar-refractivity contribution in [2.24, 2.45) is 34.3 Å². The van der Waals surface area contributed by atoms with Gasteiger partial charge in [-0.2, -0.15) is 0 Å². The van der Waals surface area contributed by atoms with Crippen LogP contribution >= 0.6 is 0 Å². The molecular formula is C22H35NO4. The van der Waals surface area contributed by atoms with E-state index in [2.05, 4.69) is 13.8 Å². The first-order valence-corrected chi connectivity index (χ1v) is 10.9. The maximum Gasteiger partial charge on any atom is 0.307 e. The number of carbonyl (C=O) groups is 2. The summed E-state index contributed by atoms with van der Waals surface area (Å²) in [5, 5.41) is 11.7. The summed E-state index contributed by atoms with van der Waals surface area (Å²) in [5.74, 6) is 1.73. The summed E-state index contributed by atoms with van der Waals surface area (Å²) in [6.07, 6.45) is 7.84. The number of Topliss-reactive ketones (excluding diaryl/α,β-unsaturated/α-hetero) is 1. The maximum absolute atomic E-state index is 12.5. The number of aliphatic hydroxyl groups is 1. The summed E-state index contributed by atoms with van der Waals surface area (Å²) < 4.78 is 5.60. The second kappa shape index (κ2) is 6.55. The molecule has 3 N–H and O–H groups in total. The minimum Gasteiger partial charge on any atom is -0.462 e. The zero-order valence-electron chi connectivity index (χ0n) is 16.8. The topological polar surface area (TPSA) is 89.6 Å². The van der Waals surface area contributed by atoms with Gasteiger partial charge in [-0.05, 0) is 68.1 Å². The lowest BCUT2D eigenvalue weighted by Gasteiger charge is -2.63. The van der Waals surface area contributed by atoms with Gasteiger partial charge in [-0.25, -0.2) is 0 Å². The van der Waals surface area contributed by atoms with Crippen LogP contribution in [0.2, 0.25) is 0 Å². The molecule has 0 aliphatic heterocycles.